The number of methoxy groups -OCH3 is 1. The summed E-state index contributed by atoms with van der Waals surface area (Å²) in [6.07, 6.45) is 0. The van der Waals surface area contributed by atoms with Crippen molar-refractivity contribution in [1.82, 2.24) is 15.0 Å². The van der Waals surface area contributed by atoms with Crippen LogP contribution in [-0.2, 0) is 25.0 Å². The number of carbonyl (C=O) groups is 1. The number of nitrogens with one attached hydrogen (secondary N) is 3. The van der Waals surface area contributed by atoms with Crippen molar-refractivity contribution in [1.29, 1.82) is 0 Å². The van der Waals surface area contributed by atoms with Crippen molar-refractivity contribution >= 4 is 94.5 Å². The van der Waals surface area contributed by atoms with Crippen molar-refractivity contribution in [3.05, 3.63) is 71.5 Å². The maximum Gasteiger partial charge on any atom is 0.295 e. The minimum absolute atomic E-state index is 0.0139. The highest BCUT2D eigenvalue weighted by Gasteiger charge is 2.22. The van der Waals surface area contributed by atoms with E-state index < -0.39 is 35.9 Å². The van der Waals surface area contributed by atoms with E-state index in [1.807, 2.05) is 13.0 Å². The monoisotopic (exact) mass is 727 g/mol. The number of anilines is 6. The van der Waals surface area contributed by atoms with E-state index in [-0.39, 0.29) is 56.5 Å². The number of nitrogens with two attached hydrogens (primary N) is 1. The molecule has 1 heterocycles. The van der Waals surface area contributed by atoms with Gasteiger partial charge in [0.15, 0.2) is 0 Å². The second kappa shape index (κ2) is 13.6. The minimum atomic E-state index is -4.90. The molecular formula is C29H26ClN9O8S2. The maximum absolute atomic E-state index is 12.2. The van der Waals surface area contributed by atoms with Gasteiger partial charge < -0.3 is 26.4 Å². The molecule has 0 atom stereocenters. The second-order valence-electron chi connectivity index (χ2n) is 10.3. The van der Waals surface area contributed by atoms with Gasteiger partial charge in [0.2, 0.25) is 23.1 Å². The first-order valence-corrected chi connectivity index (χ1v) is 17.0. The molecule has 0 aliphatic rings. The number of aryl methyl sites for hydroxylation is 1. The summed E-state index contributed by atoms with van der Waals surface area (Å²) in [5.74, 6) is -0.280. The summed E-state index contributed by atoms with van der Waals surface area (Å²) in [5, 5.41) is 16.1. The fraction of sp³-hybridized carbons (Fsp3) is 0.103. The van der Waals surface area contributed by atoms with Crippen LogP contribution in [0.5, 0.6) is 5.75 Å². The van der Waals surface area contributed by atoms with E-state index in [9.17, 15) is 30.7 Å². The zero-order valence-corrected chi connectivity index (χ0v) is 28.0. The molecule has 0 fully saturated rings. The van der Waals surface area contributed by atoms with E-state index in [1.165, 1.54) is 38.3 Å². The topological polar surface area (TPSA) is 261 Å². The Morgan fingerprint density at radius 2 is 1.51 bits per heavy atom. The fourth-order valence-corrected chi connectivity index (χ4v) is 6.21. The number of benzene rings is 4. The fourth-order valence-electron chi connectivity index (χ4n) is 4.62. The molecule has 0 bridgehead atoms. The van der Waals surface area contributed by atoms with Crippen LogP contribution in [0, 0.1) is 6.92 Å². The van der Waals surface area contributed by atoms with Crippen LogP contribution in [0.3, 0.4) is 0 Å². The molecule has 49 heavy (non-hydrogen) atoms. The number of carbonyl (C=O) groups excluding carboxylic acids is 1. The third kappa shape index (κ3) is 8.16. The number of hydrogen-bond acceptors (Lipinski definition) is 14. The highest BCUT2D eigenvalue weighted by atomic mass is 35.5. The third-order valence-corrected chi connectivity index (χ3v) is 8.64. The molecule has 0 aliphatic carbocycles. The standard InChI is InChI=1S/C29H26ClN9O8S2/c1-14-7-8-20(19(31)9-14)33-28-35-27(30)36-29(37-28)34-23-12-21(32-15(2)40)22(13-24(23)47-3)39-38-16-10-18-17(26(11-16)49(44,45)46)5-4-6-25(18)48(41,42)43/h4-13H,31H2,1-3H3,(H,32,40)(H,41,42,43)(H,44,45,46)(H2,33,34,35,36,37). The Bertz CT molecular complexity index is 2390. The number of amides is 1. The molecule has 0 aliphatic heterocycles. The molecule has 5 aromatic rings. The normalized spacial score (nSPS) is 11.9. The Kier molecular flexibility index (Phi) is 9.65. The number of azo groups is 1. The molecule has 17 nitrogen and oxygen atoms in total. The van der Waals surface area contributed by atoms with Gasteiger partial charge >= 0.3 is 0 Å². The van der Waals surface area contributed by atoms with E-state index in [4.69, 9.17) is 22.1 Å². The van der Waals surface area contributed by atoms with E-state index in [0.717, 1.165) is 23.8 Å². The van der Waals surface area contributed by atoms with E-state index in [2.05, 4.69) is 41.1 Å². The molecule has 20 heteroatoms. The Hall–Kier alpha value is -5.47. The number of nitrogens with zero attached hydrogens (tertiary/aromatic N) is 5. The molecule has 0 radical (unpaired) electrons. The summed E-state index contributed by atoms with van der Waals surface area (Å²) < 4.78 is 73.6. The van der Waals surface area contributed by atoms with Gasteiger partial charge in [-0.1, -0.05) is 18.2 Å². The van der Waals surface area contributed by atoms with Crippen molar-refractivity contribution < 1.29 is 35.5 Å². The van der Waals surface area contributed by atoms with Crippen LogP contribution in [0.1, 0.15) is 12.5 Å². The molecule has 5 rings (SSSR count). The Morgan fingerprint density at radius 1 is 0.837 bits per heavy atom. The van der Waals surface area contributed by atoms with Crippen LogP contribution >= 0.6 is 11.6 Å². The summed E-state index contributed by atoms with van der Waals surface area (Å²) in [4.78, 5) is 23.3. The number of ether oxygens (including phenoxy) is 1. The summed E-state index contributed by atoms with van der Waals surface area (Å²) in [7, 11) is -8.35. The van der Waals surface area contributed by atoms with Gasteiger partial charge in [-0.2, -0.15) is 36.9 Å². The van der Waals surface area contributed by atoms with Gasteiger partial charge in [-0.05, 0) is 60.5 Å². The molecule has 4 aromatic carbocycles. The molecule has 1 amide bonds. The first-order valence-electron chi connectivity index (χ1n) is 13.8. The largest absolute Gasteiger partial charge is 0.494 e. The number of fused-ring (bicyclic) bond motifs is 1. The molecule has 0 saturated heterocycles. The average molecular weight is 728 g/mol. The molecule has 7 N–H and O–H groups in total. The van der Waals surface area contributed by atoms with Crippen molar-refractivity contribution in [3.8, 4) is 5.75 Å². The lowest BCUT2D eigenvalue weighted by Crippen LogP contribution is -2.08. The minimum Gasteiger partial charge on any atom is -0.494 e. The SMILES string of the molecule is COc1cc(N=Nc2cc(S(=O)(=O)O)c3cccc(S(=O)(=O)O)c3c2)c(NC(C)=O)cc1Nc1nc(Cl)nc(Nc2ccc(C)cc2N)n1. The van der Waals surface area contributed by atoms with Gasteiger partial charge in [0.05, 0.1) is 35.5 Å². The second-order valence-corrected chi connectivity index (χ2v) is 13.4. The van der Waals surface area contributed by atoms with Crippen molar-refractivity contribution in [3.63, 3.8) is 0 Å². The third-order valence-electron chi connectivity index (χ3n) is 6.67. The van der Waals surface area contributed by atoms with Crippen LogP contribution in [0.15, 0.2) is 80.7 Å². The van der Waals surface area contributed by atoms with Gasteiger partial charge in [-0.15, -0.1) is 5.11 Å². The summed E-state index contributed by atoms with van der Waals surface area (Å²) in [6.45, 7) is 3.14. The molecule has 0 spiro atoms. The Morgan fingerprint density at radius 3 is 2.12 bits per heavy atom. The Labute approximate surface area is 284 Å². The van der Waals surface area contributed by atoms with Crippen LogP contribution in [0.4, 0.5) is 46.0 Å². The van der Waals surface area contributed by atoms with Gasteiger partial charge in [-0.3, -0.25) is 13.9 Å². The number of hydrogen-bond donors (Lipinski definition) is 6. The summed E-state index contributed by atoms with van der Waals surface area (Å²) >= 11 is 6.17. The van der Waals surface area contributed by atoms with Crippen LogP contribution < -0.4 is 26.4 Å². The van der Waals surface area contributed by atoms with Crippen LogP contribution in [0.25, 0.3) is 10.8 Å². The Balaban J connectivity index is 1.56. The van der Waals surface area contributed by atoms with Crippen molar-refractivity contribution in [2.45, 2.75) is 23.6 Å². The predicted molar refractivity (Wildman–Crippen MR) is 182 cm³/mol. The molecular weight excluding hydrogens is 702 g/mol. The molecule has 0 saturated carbocycles. The first kappa shape index (κ1) is 34.9. The maximum atomic E-state index is 12.2. The van der Waals surface area contributed by atoms with Crippen LogP contribution in [-0.4, -0.2) is 53.9 Å². The number of halogens is 1. The zero-order chi connectivity index (χ0) is 35.7. The smallest absolute Gasteiger partial charge is 0.295 e. The van der Waals surface area contributed by atoms with Gasteiger partial charge in [-0.25, -0.2) is 0 Å². The van der Waals surface area contributed by atoms with Crippen molar-refractivity contribution in [2.75, 3.05) is 28.8 Å². The quantitative estimate of drug-likeness (QED) is 0.0553. The van der Waals surface area contributed by atoms with Gasteiger partial charge in [0.25, 0.3) is 20.2 Å². The van der Waals surface area contributed by atoms with E-state index in [0.29, 0.717) is 11.4 Å². The molecule has 0 unspecified atom stereocenters. The predicted octanol–water partition coefficient (Wildman–Crippen LogP) is 5.93. The lowest BCUT2D eigenvalue weighted by molar-refractivity contribution is -0.114. The van der Waals surface area contributed by atoms with E-state index in [1.54, 1.807) is 12.1 Å². The molecule has 1 aromatic heterocycles. The zero-order valence-electron chi connectivity index (χ0n) is 25.6. The van der Waals surface area contributed by atoms with Crippen LogP contribution in [0.2, 0.25) is 5.28 Å². The average Bonchev–Trinajstić information content (AvgIpc) is 3.00. The highest BCUT2D eigenvalue weighted by Crippen LogP contribution is 2.40. The lowest BCUT2D eigenvalue weighted by atomic mass is 10.1. The number of nitrogen functional groups attached to an aromatic ring is 1. The number of rotatable bonds is 10. The molecule has 254 valence electrons. The van der Waals surface area contributed by atoms with Gasteiger partial charge in [0.1, 0.15) is 21.2 Å². The summed E-state index contributed by atoms with van der Waals surface area (Å²) in [5.41, 5.74) is 8.16. The first-order chi connectivity index (χ1) is 23.0. The van der Waals surface area contributed by atoms with E-state index >= 15 is 0 Å². The lowest BCUT2D eigenvalue weighted by Gasteiger charge is -2.15. The van der Waals surface area contributed by atoms with Gasteiger partial charge in [0, 0.05) is 23.8 Å². The highest BCUT2D eigenvalue weighted by molar-refractivity contribution is 7.86. The van der Waals surface area contributed by atoms with Crippen molar-refractivity contribution in [2.24, 2.45) is 10.2 Å². The summed E-state index contributed by atoms with van der Waals surface area (Å²) in [6, 6.07) is 13.8. The number of aromatic nitrogens is 3.